The molecule has 4 aromatic heterocycles. The van der Waals surface area contributed by atoms with Gasteiger partial charge in [0.05, 0.1) is 32.9 Å². The van der Waals surface area contributed by atoms with Gasteiger partial charge in [-0.1, -0.05) is 23.2 Å². The van der Waals surface area contributed by atoms with Crippen molar-refractivity contribution >= 4 is 78.5 Å². The van der Waals surface area contributed by atoms with Gasteiger partial charge in [-0.15, -0.1) is 0 Å². The van der Waals surface area contributed by atoms with Gasteiger partial charge in [0.2, 0.25) is 0 Å². The molecule has 0 fully saturated rings. The lowest BCUT2D eigenvalue weighted by atomic mass is 10.0. The molecule has 1 aromatic carbocycles. The van der Waals surface area contributed by atoms with Gasteiger partial charge < -0.3 is 15.7 Å². The van der Waals surface area contributed by atoms with Crippen LogP contribution in [-0.2, 0) is 0 Å². The van der Waals surface area contributed by atoms with Crippen LogP contribution >= 0.6 is 55.1 Å². The summed E-state index contributed by atoms with van der Waals surface area (Å²) < 4.78 is 3.30. The van der Waals surface area contributed by atoms with E-state index >= 15 is 0 Å². The Hall–Kier alpha value is -4.62. The predicted octanol–water partition coefficient (Wildman–Crippen LogP) is 5.86. The number of carboxylic acid groups (broad SMARTS) is 1. The number of nitrogens with zero attached hydrogens (tertiary/aromatic N) is 7. The SMILES string of the molecule is CNC(=O)c1cc(C#N)cc(C)c1NC(=O)c1cc(Br)nn1-c1ncccc1Cl.O=C(O)c1cc(Br)nn1-c1ncccc1Cl. The summed E-state index contributed by atoms with van der Waals surface area (Å²) >= 11 is 18.5. The van der Waals surface area contributed by atoms with E-state index in [2.05, 4.69) is 62.7 Å². The lowest BCUT2D eigenvalue weighted by molar-refractivity contribution is 0.0686. The Morgan fingerprint density at radius 2 is 1.42 bits per heavy atom. The average molecular weight is 776 g/mol. The first kappa shape index (κ1) is 33.3. The number of rotatable bonds is 6. The summed E-state index contributed by atoms with van der Waals surface area (Å²) in [5.41, 5.74) is 1.50. The standard InChI is InChI=1S/C19H14BrClN6O2.C9H5BrClN3O2/c1-10-6-11(9-22)7-12(18(28)23-2)16(10)25-19(29)14-8-15(20)26-27(14)17-13(21)4-3-5-24-17;10-7-4-6(9(15)16)14(13-7)8-5(11)2-1-3-12-8/h3-8H,1-2H3,(H,23,28)(H,25,29);1-4H,(H,15,16). The molecule has 0 saturated heterocycles. The molecule has 2 amide bonds. The van der Waals surface area contributed by atoms with Gasteiger partial charge in [0.25, 0.3) is 11.8 Å². The van der Waals surface area contributed by atoms with E-state index in [1.807, 2.05) is 6.07 Å². The molecule has 228 valence electrons. The minimum Gasteiger partial charge on any atom is -0.477 e. The van der Waals surface area contributed by atoms with E-state index in [4.69, 9.17) is 28.3 Å². The number of aromatic carboxylic acids is 1. The summed E-state index contributed by atoms with van der Waals surface area (Å²) in [5.74, 6) is -1.48. The number of halogens is 4. The zero-order chi connectivity index (χ0) is 32.8. The zero-order valence-corrected chi connectivity index (χ0v) is 27.8. The maximum Gasteiger partial charge on any atom is 0.354 e. The molecule has 13 nitrogen and oxygen atoms in total. The third-order valence-electron chi connectivity index (χ3n) is 5.87. The van der Waals surface area contributed by atoms with Gasteiger partial charge in [0.15, 0.2) is 17.3 Å². The Labute approximate surface area is 282 Å². The van der Waals surface area contributed by atoms with E-state index in [0.29, 0.717) is 36.1 Å². The van der Waals surface area contributed by atoms with Crippen LogP contribution in [-0.4, -0.2) is 59.5 Å². The summed E-state index contributed by atoms with van der Waals surface area (Å²) in [6.07, 6.45) is 3.05. The van der Waals surface area contributed by atoms with Crippen LogP contribution in [0.2, 0.25) is 10.0 Å². The summed E-state index contributed by atoms with van der Waals surface area (Å²) in [4.78, 5) is 44.5. The summed E-state index contributed by atoms with van der Waals surface area (Å²) in [6, 6.07) is 14.5. The number of carbonyl (C=O) groups excluding carboxylic acids is 2. The first-order chi connectivity index (χ1) is 21.4. The minimum atomic E-state index is -1.10. The van der Waals surface area contributed by atoms with E-state index in [1.165, 1.54) is 47.0 Å². The third kappa shape index (κ3) is 7.55. The van der Waals surface area contributed by atoms with Crippen LogP contribution in [0, 0.1) is 18.3 Å². The Morgan fingerprint density at radius 3 is 1.91 bits per heavy atom. The number of hydrogen-bond donors (Lipinski definition) is 3. The van der Waals surface area contributed by atoms with Crippen molar-refractivity contribution in [1.82, 2.24) is 34.8 Å². The fourth-order valence-electron chi connectivity index (χ4n) is 3.92. The quantitative estimate of drug-likeness (QED) is 0.191. The van der Waals surface area contributed by atoms with Crippen molar-refractivity contribution in [3.05, 3.63) is 108 Å². The average Bonchev–Trinajstić information content (AvgIpc) is 3.60. The first-order valence-electron chi connectivity index (χ1n) is 12.5. The molecule has 5 rings (SSSR count). The molecule has 0 spiro atoms. The van der Waals surface area contributed by atoms with Crippen molar-refractivity contribution in [2.75, 3.05) is 12.4 Å². The number of anilines is 1. The van der Waals surface area contributed by atoms with Gasteiger partial charge >= 0.3 is 5.97 Å². The van der Waals surface area contributed by atoms with Crippen molar-refractivity contribution < 1.29 is 19.5 Å². The highest BCUT2D eigenvalue weighted by Crippen LogP contribution is 2.26. The second-order valence-electron chi connectivity index (χ2n) is 8.81. The van der Waals surface area contributed by atoms with Gasteiger partial charge in [0.1, 0.15) is 14.9 Å². The largest absolute Gasteiger partial charge is 0.477 e. The first-order valence-corrected chi connectivity index (χ1v) is 14.8. The monoisotopic (exact) mass is 773 g/mol. The molecule has 5 aromatic rings. The highest BCUT2D eigenvalue weighted by Gasteiger charge is 2.22. The molecule has 0 bridgehead atoms. The van der Waals surface area contributed by atoms with E-state index in [9.17, 15) is 19.6 Å². The molecule has 3 N–H and O–H groups in total. The Balaban J connectivity index is 0.000000242. The predicted molar refractivity (Wildman–Crippen MR) is 172 cm³/mol. The second kappa shape index (κ2) is 14.4. The molecule has 0 saturated carbocycles. The highest BCUT2D eigenvalue weighted by atomic mass is 79.9. The van der Waals surface area contributed by atoms with Crippen LogP contribution in [0.4, 0.5) is 5.69 Å². The van der Waals surface area contributed by atoms with Crippen molar-refractivity contribution in [1.29, 1.82) is 5.26 Å². The molecule has 0 aliphatic rings. The maximum atomic E-state index is 13.0. The number of aryl methyl sites for hydroxylation is 1. The fourth-order valence-corrected chi connectivity index (χ4v) is 5.07. The van der Waals surface area contributed by atoms with Crippen LogP contribution in [0.3, 0.4) is 0 Å². The van der Waals surface area contributed by atoms with Crippen LogP contribution in [0.1, 0.15) is 42.5 Å². The number of pyridine rings is 2. The maximum absolute atomic E-state index is 13.0. The molecule has 17 heteroatoms. The molecule has 0 unspecified atom stereocenters. The summed E-state index contributed by atoms with van der Waals surface area (Å²) in [5, 5.41) is 32.3. The number of nitrogens with one attached hydrogen (secondary N) is 2. The van der Waals surface area contributed by atoms with Crippen LogP contribution in [0.15, 0.2) is 70.1 Å². The van der Waals surface area contributed by atoms with E-state index in [0.717, 1.165) is 0 Å². The van der Waals surface area contributed by atoms with E-state index in [-0.39, 0.29) is 28.6 Å². The summed E-state index contributed by atoms with van der Waals surface area (Å²) in [6.45, 7) is 1.70. The second-order valence-corrected chi connectivity index (χ2v) is 11.3. The number of hydrogen-bond acceptors (Lipinski definition) is 8. The molecule has 0 aliphatic carbocycles. The van der Waals surface area contributed by atoms with Crippen LogP contribution < -0.4 is 10.6 Å². The topological polar surface area (TPSA) is 181 Å². The smallest absolute Gasteiger partial charge is 0.354 e. The van der Waals surface area contributed by atoms with Gasteiger partial charge in [0, 0.05) is 31.6 Å². The third-order valence-corrected chi connectivity index (χ3v) is 7.23. The molecule has 45 heavy (non-hydrogen) atoms. The highest BCUT2D eigenvalue weighted by molar-refractivity contribution is 9.10. The van der Waals surface area contributed by atoms with Gasteiger partial charge in [-0.3, -0.25) is 9.59 Å². The Bertz CT molecular complexity index is 1990. The molecular weight excluding hydrogens is 757 g/mol. The Morgan fingerprint density at radius 1 is 0.889 bits per heavy atom. The molecule has 0 radical (unpaired) electrons. The minimum absolute atomic E-state index is 0.00697. The number of aromatic nitrogens is 6. The van der Waals surface area contributed by atoms with Crippen molar-refractivity contribution in [3.63, 3.8) is 0 Å². The van der Waals surface area contributed by atoms with E-state index in [1.54, 1.807) is 37.3 Å². The molecule has 0 aliphatic heterocycles. The molecular formula is C28H19Br2Cl2N9O4. The van der Waals surface area contributed by atoms with Gasteiger partial charge in [-0.2, -0.15) is 15.5 Å². The zero-order valence-electron chi connectivity index (χ0n) is 23.1. The van der Waals surface area contributed by atoms with E-state index < -0.39 is 17.8 Å². The van der Waals surface area contributed by atoms with Crippen LogP contribution in [0.5, 0.6) is 0 Å². The van der Waals surface area contributed by atoms with Gasteiger partial charge in [-0.25, -0.2) is 24.1 Å². The van der Waals surface area contributed by atoms with Gasteiger partial charge in [-0.05, 0) is 80.7 Å². The molecule has 4 heterocycles. The number of amides is 2. The van der Waals surface area contributed by atoms with Crippen molar-refractivity contribution in [2.24, 2.45) is 0 Å². The number of carboxylic acids is 1. The van der Waals surface area contributed by atoms with Crippen molar-refractivity contribution in [3.8, 4) is 17.7 Å². The van der Waals surface area contributed by atoms with Crippen molar-refractivity contribution in [2.45, 2.75) is 6.92 Å². The number of carbonyl (C=O) groups is 3. The Kier molecular flexibility index (Phi) is 10.7. The lowest BCUT2D eigenvalue weighted by Crippen LogP contribution is -2.24. The number of benzene rings is 1. The molecule has 0 atom stereocenters. The van der Waals surface area contributed by atoms with Crippen LogP contribution in [0.25, 0.3) is 11.6 Å². The fraction of sp³-hybridized carbons (Fsp3) is 0.0714. The summed E-state index contributed by atoms with van der Waals surface area (Å²) in [7, 11) is 1.47. The normalized spacial score (nSPS) is 10.3. The lowest BCUT2D eigenvalue weighted by Gasteiger charge is -2.14. The number of nitriles is 1.